The number of imide groups is 1. The first-order valence-corrected chi connectivity index (χ1v) is 11.4. The number of hydrogen-bond acceptors (Lipinski definition) is 5. The average molecular weight is 387 g/mol. The number of benzene rings is 1. The second-order valence-corrected chi connectivity index (χ2v) is 8.68. The lowest BCUT2D eigenvalue weighted by atomic mass is 9.75. The maximum Gasteiger partial charge on any atom is 0.238 e. The average Bonchev–Trinajstić information content (AvgIpc) is 3.20. The van der Waals surface area contributed by atoms with E-state index in [4.69, 9.17) is 4.99 Å². The van der Waals surface area contributed by atoms with Gasteiger partial charge in [-0.3, -0.25) is 14.5 Å². The van der Waals surface area contributed by atoms with Gasteiger partial charge in [0, 0.05) is 17.2 Å². The van der Waals surface area contributed by atoms with Crippen molar-refractivity contribution in [2.45, 2.75) is 26.2 Å². The van der Waals surface area contributed by atoms with Gasteiger partial charge in [-0.1, -0.05) is 19.1 Å². The number of anilines is 1. The van der Waals surface area contributed by atoms with E-state index in [2.05, 4.69) is 6.92 Å². The Bertz CT molecular complexity index is 829. The Morgan fingerprint density at radius 1 is 1.04 bits per heavy atom. The third-order valence-electron chi connectivity index (χ3n) is 5.68. The highest BCUT2D eigenvalue weighted by molar-refractivity contribution is 8.13. The van der Waals surface area contributed by atoms with E-state index in [1.54, 1.807) is 23.5 Å². The molecule has 1 saturated heterocycles. The van der Waals surface area contributed by atoms with Crippen molar-refractivity contribution >= 4 is 46.1 Å². The molecule has 0 bridgehead atoms. The van der Waals surface area contributed by atoms with E-state index < -0.39 is 0 Å². The molecule has 0 aromatic heterocycles. The van der Waals surface area contributed by atoms with E-state index in [9.17, 15) is 9.59 Å². The van der Waals surface area contributed by atoms with Crippen LogP contribution in [0.5, 0.6) is 0 Å². The fraction of sp³-hybridized carbons (Fsp3) is 0.450. The van der Waals surface area contributed by atoms with Crippen LogP contribution in [0.1, 0.15) is 25.3 Å². The van der Waals surface area contributed by atoms with Crippen molar-refractivity contribution in [3.8, 4) is 0 Å². The smallest absolute Gasteiger partial charge is 0.238 e. The minimum Gasteiger partial charge on any atom is -0.274 e. The van der Waals surface area contributed by atoms with Crippen molar-refractivity contribution < 1.29 is 9.59 Å². The van der Waals surface area contributed by atoms with E-state index in [0.29, 0.717) is 12.1 Å². The molecule has 1 fully saturated rings. The fourth-order valence-corrected chi connectivity index (χ4v) is 5.57. The number of amides is 2. The van der Waals surface area contributed by atoms with Gasteiger partial charge in [0.05, 0.1) is 28.3 Å². The lowest BCUT2D eigenvalue weighted by Gasteiger charge is -2.29. The molecule has 4 nitrogen and oxygen atoms in total. The zero-order chi connectivity index (χ0) is 18.4. The van der Waals surface area contributed by atoms with Crippen LogP contribution >= 0.6 is 23.5 Å². The lowest BCUT2D eigenvalue weighted by Crippen LogP contribution is -2.32. The lowest BCUT2D eigenvalue weighted by molar-refractivity contribution is -0.122. The highest BCUT2D eigenvalue weighted by Crippen LogP contribution is 2.52. The summed E-state index contributed by atoms with van der Waals surface area (Å²) in [4.78, 5) is 33.8. The third kappa shape index (κ3) is 2.65. The van der Waals surface area contributed by atoms with E-state index in [1.165, 1.54) is 15.4 Å². The first kappa shape index (κ1) is 17.9. The first-order valence-electron chi connectivity index (χ1n) is 8.94. The van der Waals surface area contributed by atoms with Gasteiger partial charge in [0.2, 0.25) is 11.8 Å². The molecular weight excluding hydrogens is 364 g/mol. The highest BCUT2D eigenvalue weighted by Gasteiger charge is 2.56. The number of aliphatic imine (C=N–C) groups is 1. The number of fused-ring (bicyclic) bond motifs is 3. The summed E-state index contributed by atoms with van der Waals surface area (Å²) in [5, 5.41) is 1.07. The minimum absolute atomic E-state index is 0.0487. The number of allylic oxidation sites excluding steroid dienone is 2. The molecule has 6 heteroatoms. The molecule has 1 unspecified atom stereocenters. The number of thioether (sulfide) groups is 2. The molecule has 4 rings (SSSR count). The van der Waals surface area contributed by atoms with Gasteiger partial charge in [-0.15, -0.1) is 23.5 Å². The molecule has 1 aliphatic carbocycles. The van der Waals surface area contributed by atoms with Crippen LogP contribution in [0.2, 0.25) is 0 Å². The van der Waals surface area contributed by atoms with Crippen LogP contribution in [0, 0.1) is 17.8 Å². The number of carbonyl (C=O) groups excluding carboxylic acids is 2. The third-order valence-corrected chi connectivity index (χ3v) is 7.27. The Hall–Kier alpha value is -1.53. The summed E-state index contributed by atoms with van der Waals surface area (Å²) in [7, 11) is 0. The summed E-state index contributed by atoms with van der Waals surface area (Å²) in [6, 6.07) is 7.79. The molecule has 0 N–H and O–H groups in total. The molecule has 1 aromatic carbocycles. The van der Waals surface area contributed by atoms with Crippen LogP contribution in [-0.2, 0) is 16.0 Å². The minimum atomic E-state index is -0.271. The van der Waals surface area contributed by atoms with Gasteiger partial charge in [0.1, 0.15) is 0 Å². The molecule has 26 heavy (non-hydrogen) atoms. The van der Waals surface area contributed by atoms with Gasteiger partial charge in [-0.05, 0) is 43.0 Å². The van der Waals surface area contributed by atoms with Crippen molar-refractivity contribution in [3.63, 3.8) is 0 Å². The highest BCUT2D eigenvalue weighted by atomic mass is 32.2. The number of rotatable bonds is 3. The summed E-state index contributed by atoms with van der Waals surface area (Å²) in [5.74, 6) is -0.569. The van der Waals surface area contributed by atoms with Gasteiger partial charge in [-0.2, -0.15) is 0 Å². The molecule has 2 aliphatic heterocycles. The summed E-state index contributed by atoms with van der Waals surface area (Å²) in [6.45, 7) is 2.09. The summed E-state index contributed by atoms with van der Waals surface area (Å²) in [6.07, 6.45) is 6.42. The Labute approximate surface area is 162 Å². The molecule has 3 aliphatic rings. The molecule has 136 valence electrons. The number of aryl methyl sites for hydroxylation is 1. The summed E-state index contributed by atoms with van der Waals surface area (Å²) < 4.78 is 0. The maximum atomic E-state index is 13.3. The first-order chi connectivity index (χ1) is 12.6. The van der Waals surface area contributed by atoms with E-state index in [-0.39, 0.29) is 29.6 Å². The quantitative estimate of drug-likeness (QED) is 0.734. The van der Waals surface area contributed by atoms with E-state index in [1.807, 2.05) is 36.8 Å². The van der Waals surface area contributed by atoms with Crippen molar-refractivity contribution in [1.29, 1.82) is 0 Å². The predicted molar refractivity (Wildman–Crippen MR) is 110 cm³/mol. The van der Waals surface area contributed by atoms with E-state index in [0.717, 1.165) is 23.6 Å². The summed E-state index contributed by atoms with van der Waals surface area (Å²) in [5.41, 5.74) is 2.95. The predicted octanol–water partition coefficient (Wildman–Crippen LogP) is 4.11. The van der Waals surface area contributed by atoms with Crippen LogP contribution < -0.4 is 4.90 Å². The molecular formula is C20H22N2O2S2. The van der Waals surface area contributed by atoms with Gasteiger partial charge < -0.3 is 0 Å². The van der Waals surface area contributed by atoms with Crippen LogP contribution in [0.25, 0.3) is 0 Å². The molecule has 0 radical (unpaired) electrons. The standard InChI is InChI=1S/C20H22N2O2S2/c1-4-11-5-7-12(8-6-11)22-19(23)14-9-15(25-2)18-13(17(14)20(22)24)10-16(21-18)26-3/h5-8,13-14,17H,4,9-10H2,1-3H3/t13?,14-,17+/m0/s1. The van der Waals surface area contributed by atoms with E-state index >= 15 is 0 Å². The van der Waals surface area contributed by atoms with Crippen molar-refractivity contribution in [2.24, 2.45) is 22.7 Å². The van der Waals surface area contributed by atoms with Crippen LogP contribution in [0.3, 0.4) is 0 Å². The van der Waals surface area contributed by atoms with Crippen molar-refractivity contribution in [2.75, 3.05) is 17.4 Å². The Balaban J connectivity index is 1.70. The van der Waals surface area contributed by atoms with Gasteiger partial charge >= 0.3 is 0 Å². The van der Waals surface area contributed by atoms with Crippen molar-refractivity contribution in [3.05, 3.63) is 40.4 Å². The number of hydrogen-bond donors (Lipinski definition) is 0. The Morgan fingerprint density at radius 3 is 2.38 bits per heavy atom. The molecule has 2 heterocycles. The SMILES string of the molecule is CCc1ccc(N2C(=O)[C@H]3CC(SC)=C4N=C(SC)CC4[C@H]3C2=O)cc1. The second kappa shape index (κ2) is 6.89. The fourth-order valence-electron chi connectivity index (χ4n) is 4.29. The molecule has 2 amide bonds. The largest absolute Gasteiger partial charge is 0.274 e. The normalized spacial score (nSPS) is 27.7. The van der Waals surface area contributed by atoms with Crippen molar-refractivity contribution in [1.82, 2.24) is 0 Å². The van der Waals surface area contributed by atoms with Crippen LogP contribution in [0.4, 0.5) is 5.69 Å². The molecule has 0 saturated carbocycles. The summed E-state index contributed by atoms with van der Waals surface area (Å²) >= 11 is 3.32. The zero-order valence-electron chi connectivity index (χ0n) is 15.2. The Kier molecular flexibility index (Phi) is 4.73. The zero-order valence-corrected chi connectivity index (χ0v) is 16.8. The molecule has 0 spiro atoms. The van der Waals surface area contributed by atoms with Gasteiger partial charge in [-0.25, -0.2) is 4.99 Å². The maximum absolute atomic E-state index is 13.3. The topological polar surface area (TPSA) is 49.7 Å². The van der Waals surface area contributed by atoms with Gasteiger partial charge in [0.25, 0.3) is 0 Å². The molecule has 1 aromatic rings. The van der Waals surface area contributed by atoms with Crippen LogP contribution in [-0.4, -0.2) is 29.4 Å². The van der Waals surface area contributed by atoms with Crippen LogP contribution in [0.15, 0.2) is 39.9 Å². The second-order valence-electron chi connectivity index (χ2n) is 6.90. The van der Waals surface area contributed by atoms with Gasteiger partial charge in [0.15, 0.2) is 0 Å². The monoisotopic (exact) mass is 386 g/mol. The number of nitrogens with zero attached hydrogens (tertiary/aromatic N) is 2. The Morgan fingerprint density at radius 2 is 1.77 bits per heavy atom. The number of carbonyl (C=O) groups is 2. The molecule has 3 atom stereocenters.